The molecule has 9 heteroatoms. The van der Waals surface area contributed by atoms with Crippen molar-refractivity contribution in [1.82, 2.24) is 25.3 Å². The number of benzene rings is 1. The van der Waals surface area contributed by atoms with Crippen LogP contribution in [0.25, 0.3) is 10.2 Å². The van der Waals surface area contributed by atoms with E-state index in [0.717, 1.165) is 29.9 Å². The molecule has 8 nitrogen and oxygen atoms in total. The molecule has 3 heterocycles. The molecule has 1 aliphatic heterocycles. The number of carbonyl (C=O) groups excluding carboxylic acids is 2. The highest BCUT2D eigenvalue weighted by molar-refractivity contribution is 7.16. The van der Waals surface area contributed by atoms with E-state index < -0.39 is 0 Å². The van der Waals surface area contributed by atoms with Crippen molar-refractivity contribution in [2.75, 3.05) is 39.3 Å². The fraction of sp³-hybridized carbons (Fsp3) is 0.368. The number of piperazine rings is 1. The number of thiazole rings is 1. The summed E-state index contributed by atoms with van der Waals surface area (Å²) in [5, 5.41) is 6.76. The van der Waals surface area contributed by atoms with Crippen LogP contribution >= 0.6 is 11.3 Å². The minimum absolute atomic E-state index is 0.0782. The van der Waals surface area contributed by atoms with Crippen molar-refractivity contribution in [2.24, 2.45) is 0 Å². The van der Waals surface area contributed by atoms with E-state index >= 15 is 0 Å². The fourth-order valence-electron chi connectivity index (χ4n) is 3.23. The van der Waals surface area contributed by atoms with Crippen LogP contribution in [0.15, 0.2) is 34.3 Å². The Labute approximate surface area is 166 Å². The standard InChI is InChI=1S/C19H21N5O3S/c1-13-10-16(22-27-13)19(26)24-8-6-23(7-9-24)5-4-20-18(25)14-2-3-15-17(11-14)28-12-21-15/h2-3,10-12H,4-9H2,1H3,(H,20,25). The van der Waals surface area contributed by atoms with Crippen LogP contribution in [-0.4, -0.2) is 71.0 Å². The highest BCUT2D eigenvalue weighted by Crippen LogP contribution is 2.19. The minimum Gasteiger partial charge on any atom is -0.361 e. The van der Waals surface area contributed by atoms with Gasteiger partial charge >= 0.3 is 0 Å². The van der Waals surface area contributed by atoms with Gasteiger partial charge in [-0.2, -0.15) is 0 Å². The van der Waals surface area contributed by atoms with E-state index in [4.69, 9.17) is 4.52 Å². The van der Waals surface area contributed by atoms with E-state index in [-0.39, 0.29) is 11.8 Å². The molecule has 1 fully saturated rings. The van der Waals surface area contributed by atoms with Gasteiger partial charge in [0.25, 0.3) is 11.8 Å². The highest BCUT2D eigenvalue weighted by Gasteiger charge is 2.24. The molecule has 0 aliphatic carbocycles. The molecular formula is C19H21N5O3S. The second-order valence-electron chi connectivity index (χ2n) is 6.75. The number of aromatic nitrogens is 2. The summed E-state index contributed by atoms with van der Waals surface area (Å²) in [4.78, 5) is 33.0. The summed E-state index contributed by atoms with van der Waals surface area (Å²) < 4.78 is 5.99. The summed E-state index contributed by atoms with van der Waals surface area (Å²) in [6.45, 7) is 5.90. The molecular weight excluding hydrogens is 378 g/mol. The molecule has 2 amide bonds. The first kappa shape index (κ1) is 18.6. The number of amides is 2. The Hall–Kier alpha value is -2.78. The zero-order valence-electron chi connectivity index (χ0n) is 15.6. The Balaban J connectivity index is 1.22. The molecule has 0 bridgehead atoms. The molecule has 3 aromatic rings. The van der Waals surface area contributed by atoms with Gasteiger partial charge in [0.1, 0.15) is 5.76 Å². The molecule has 2 aromatic heterocycles. The van der Waals surface area contributed by atoms with Crippen molar-refractivity contribution >= 4 is 33.4 Å². The van der Waals surface area contributed by atoms with Crippen molar-refractivity contribution in [3.63, 3.8) is 0 Å². The van der Waals surface area contributed by atoms with Crippen LogP contribution in [0, 0.1) is 6.92 Å². The van der Waals surface area contributed by atoms with E-state index in [2.05, 4.69) is 20.4 Å². The van der Waals surface area contributed by atoms with Crippen LogP contribution < -0.4 is 5.32 Å². The van der Waals surface area contributed by atoms with Gasteiger partial charge in [-0.15, -0.1) is 11.3 Å². The average molecular weight is 399 g/mol. The summed E-state index contributed by atoms with van der Waals surface area (Å²) >= 11 is 1.53. The first-order valence-corrected chi connectivity index (χ1v) is 10.0. The van der Waals surface area contributed by atoms with Crippen molar-refractivity contribution in [3.05, 3.63) is 46.8 Å². The number of carbonyl (C=O) groups is 2. The Bertz CT molecular complexity index is 990. The van der Waals surface area contributed by atoms with Gasteiger partial charge < -0.3 is 14.7 Å². The number of nitrogens with one attached hydrogen (secondary N) is 1. The number of hydrogen-bond acceptors (Lipinski definition) is 7. The zero-order valence-corrected chi connectivity index (χ0v) is 16.4. The summed E-state index contributed by atoms with van der Waals surface area (Å²) in [6, 6.07) is 7.20. The first-order chi connectivity index (χ1) is 13.6. The molecule has 0 saturated carbocycles. The zero-order chi connectivity index (χ0) is 19.5. The SMILES string of the molecule is Cc1cc(C(=O)N2CCN(CCNC(=O)c3ccc4ncsc4c3)CC2)no1. The van der Waals surface area contributed by atoms with Crippen LogP contribution in [0.5, 0.6) is 0 Å². The first-order valence-electron chi connectivity index (χ1n) is 9.16. The van der Waals surface area contributed by atoms with Gasteiger partial charge in [-0.25, -0.2) is 4.98 Å². The third kappa shape index (κ3) is 4.05. The average Bonchev–Trinajstić information content (AvgIpc) is 3.36. The highest BCUT2D eigenvalue weighted by atomic mass is 32.1. The topological polar surface area (TPSA) is 91.6 Å². The lowest BCUT2D eigenvalue weighted by atomic mass is 10.2. The predicted molar refractivity (Wildman–Crippen MR) is 106 cm³/mol. The second-order valence-corrected chi connectivity index (χ2v) is 7.63. The third-order valence-electron chi connectivity index (χ3n) is 4.81. The van der Waals surface area contributed by atoms with E-state index in [1.165, 1.54) is 11.3 Å². The molecule has 28 heavy (non-hydrogen) atoms. The monoisotopic (exact) mass is 399 g/mol. The second kappa shape index (κ2) is 8.07. The minimum atomic E-state index is -0.0942. The van der Waals surface area contributed by atoms with E-state index in [0.29, 0.717) is 36.7 Å². The molecule has 1 saturated heterocycles. The van der Waals surface area contributed by atoms with Crippen LogP contribution in [0.1, 0.15) is 26.6 Å². The number of hydrogen-bond donors (Lipinski definition) is 1. The lowest BCUT2D eigenvalue weighted by molar-refractivity contribution is 0.0628. The van der Waals surface area contributed by atoms with Gasteiger partial charge in [0.2, 0.25) is 0 Å². The summed E-state index contributed by atoms with van der Waals surface area (Å²) in [7, 11) is 0. The summed E-state index contributed by atoms with van der Waals surface area (Å²) in [5.41, 5.74) is 3.70. The maximum absolute atomic E-state index is 12.4. The van der Waals surface area contributed by atoms with Gasteiger partial charge in [-0.05, 0) is 25.1 Å². The lowest BCUT2D eigenvalue weighted by Gasteiger charge is -2.34. The predicted octanol–water partition coefficient (Wildman–Crippen LogP) is 1.78. The Morgan fingerprint density at radius 3 is 2.79 bits per heavy atom. The van der Waals surface area contributed by atoms with Gasteiger partial charge in [0, 0.05) is 50.9 Å². The smallest absolute Gasteiger partial charge is 0.276 e. The number of aryl methyl sites for hydroxylation is 1. The van der Waals surface area contributed by atoms with Crippen LogP contribution in [0.2, 0.25) is 0 Å². The maximum atomic E-state index is 12.4. The van der Waals surface area contributed by atoms with Crippen LogP contribution in [0.4, 0.5) is 0 Å². The molecule has 0 atom stereocenters. The quantitative estimate of drug-likeness (QED) is 0.703. The van der Waals surface area contributed by atoms with Crippen molar-refractivity contribution in [2.45, 2.75) is 6.92 Å². The van der Waals surface area contributed by atoms with E-state index in [1.54, 1.807) is 29.5 Å². The number of rotatable bonds is 5. The Kier molecular flexibility index (Phi) is 5.36. The van der Waals surface area contributed by atoms with Crippen molar-refractivity contribution in [1.29, 1.82) is 0 Å². The van der Waals surface area contributed by atoms with Crippen molar-refractivity contribution < 1.29 is 14.1 Å². The molecule has 1 N–H and O–H groups in total. The maximum Gasteiger partial charge on any atom is 0.276 e. The Morgan fingerprint density at radius 2 is 2.04 bits per heavy atom. The molecule has 146 valence electrons. The number of fused-ring (bicyclic) bond motifs is 1. The molecule has 0 spiro atoms. The van der Waals surface area contributed by atoms with Gasteiger partial charge in [-0.3, -0.25) is 14.5 Å². The van der Waals surface area contributed by atoms with Crippen LogP contribution in [0.3, 0.4) is 0 Å². The normalized spacial score (nSPS) is 15.1. The lowest BCUT2D eigenvalue weighted by Crippen LogP contribution is -2.50. The molecule has 1 aliphatic rings. The summed E-state index contributed by atoms with van der Waals surface area (Å²) in [5.74, 6) is 0.459. The molecule has 0 radical (unpaired) electrons. The Morgan fingerprint density at radius 1 is 1.21 bits per heavy atom. The van der Waals surface area contributed by atoms with Gasteiger partial charge in [-0.1, -0.05) is 5.16 Å². The van der Waals surface area contributed by atoms with Gasteiger partial charge in [0.15, 0.2) is 5.69 Å². The molecule has 1 aromatic carbocycles. The molecule has 0 unspecified atom stereocenters. The fourth-order valence-corrected chi connectivity index (χ4v) is 3.95. The van der Waals surface area contributed by atoms with Crippen molar-refractivity contribution in [3.8, 4) is 0 Å². The third-order valence-corrected chi connectivity index (χ3v) is 5.61. The summed E-state index contributed by atoms with van der Waals surface area (Å²) in [6.07, 6.45) is 0. The van der Waals surface area contributed by atoms with Gasteiger partial charge in [0.05, 0.1) is 15.7 Å². The van der Waals surface area contributed by atoms with E-state index in [9.17, 15) is 9.59 Å². The number of nitrogens with zero attached hydrogens (tertiary/aromatic N) is 4. The van der Waals surface area contributed by atoms with Crippen LogP contribution in [-0.2, 0) is 0 Å². The largest absolute Gasteiger partial charge is 0.361 e. The molecule has 4 rings (SSSR count). The van der Waals surface area contributed by atoms with E-state index in [1.807, 2.05) is 12.1 Å².